The zero-order chi connectivity index (χ0) is 15.6. The molecule has 2 aromatic rings. The van der Waals surface area contributed by atoms with E-state index in [2.05, 4.69) is 20.7 Å². The molecule has 10 nitrogen and oxygen atoms in total. The molecule has 2 heterocycles. The molecule has 0 unspecified atom stereocenters. The topological polar surface area (TPSA) is 124 Å². The van der Waals surface area contributed by atoms with Crippen LogP contribution in [0.25, 0.3) is 0 Å². The van der Waals surface area contributed by atoms with Gasteiger partial charge < -0.3 is 10.6 Å². The van der Waals surface area contributed by atoms with Gasteiger partial charge >= 0.3 is 6.03 Å². The van der Waals surface area contributed by atoms with Gasteiger partial charge in [-0.3, -0.25) is 10.1 Å². The Bertz CT molecular complexity index is 672. The van der Waals surface area contributed by atoms with E-state index in [1.54, 1.807) is 21.0 Å². The molecule has 0 saturated heterocycles. The van der Waals surface area contributed by atoms with E-state index in [-0.39, 0.29) is 24.3 Å². The number of carbonyl (C=O) groups is 2. The highest BCUT2D eigenvalue weighted by molar-refractivity contribution is 5.87. The first-order chi connectivity index (χ1) is 9.88. The number of aromatic nitrogens is 5. The summed E-state index contributed by atoms with van der Waals surface area (Å²) in [6.07, 6.45) is 2.87. The zero-order valence-electron chi connectivity index (χ0n) is 11.9. The van der Waals surface area contributed by atoms with Gasteiger partial charge in [-0.1, -0.05) is 5.21 Å². The largest absolute Gasteiger partial charge is 0.396 e. The molecule has 2 aromatic heterocycles. The molecule has 0 bridgehead atoms. The minimum absolute atomic E-state index is 0.0627. The van der Waals surface area contributed by atoms with E-state index < -0.39 is 0 Å². The first-order valence-electron chi connectivity index (χ1n) is 6.10. The first-order valence-corrected chi connectivity index (χ1v) is 6.10. The van der Waals surface area contributed by atoms with Gasteiger partial charge in [-0.15, -0.1) is 5.10 Å². The third kappa shape index (κ3) is 3.16. The average Bonchev–Trinajstić information content (AvgIpc) is 2.98. The van der Waals surface area contributed by atoms with Gasteiger partial charge in [0.15, 0.2) is 5.82 Å². The van der Waals surface area contributed by atoms with Crippen LogP contribution in [-0.2, 0) is 6.54 Å². The fraction of sp³-hybridized carbons (Fsp3) is 0.364. The molecule has 0 aliphatic carbocycles. The summed E-state index contributed by atoms with van der Waals surface area (Å²) in [4.78, 5) is 24.9. The summed E-state index contributed by atoms with van der Waals surface area (Å²) < 4.78 is 2.51. The molecule has 0 aromatic carbocycles. The lowest BCUT2D eigenvalue weighted by molar-refractivity contribution is 0.0867. The van der Waals surface area contributed by atoms with Gasteiger partial charge in [0.1, 0.15) is 6.54 Å². The van der Waals surface area contributed by atoms with Gasteiger partial charge in [0.2, 0.25) is 0 Å². The third-order valence-electron chi connectivity index (χ3n) is 2.76. The summed E-state index contributed by atoms with van der Waals surface area (Å²) >= 11 is 0. The predicted octanol–water partition coefficient (Wildman–Crippen LogP) is -0.201. The number of urea groups is 1. The maximum Gasteiger partial charge on any atom is 0.322 e. The van der Waals surface area contributed by atoms with Crippen molar-refractivity contribution >= 4 is 23.4 Å². The molecule has 10 heteroatoms. The van der Waals surface area contributed by atoms with Crippen LogP contribution in [0.15, 0.2) is 12.4 Å². The number of nitrogens with one attached hydrogen (secondary N) is 1. The van der Waals surface area contributed by atoms with E-state index in [1.165, 1.54) is 26.7 Å². The fourth-order valence-corrected chi connectivity index (χ4v) is 1.53. The molecule has 0 spiro atoms. The number of nitrogen functional groups attached to an aromatic ring is 1. The second-order valence-corrected chi connectivity index (χ2v) is 4.62. The molecule has 0 atom stereocenters. The molecule has 2 rings (SSSR count). The van der Waals surface area contributed by atoms with Crippen molar-refractivity contribution in [1.29, 1.82) is 0 Å². The minimum atomic E-state index is -0.330. The monoisotopic (exact) mass is 292 g/mol. The van der Waals surface area contributed by atoms with Crippen LogP contribution in [0, 0.1) is 6.92 Å². The second-order valence-electron chi connectivity index (χ2n) is 4.62. The molecule has 0 fully saturated rings. The molecule has 0 aliphatic heterocycles. The zero-order valence-corrected chi connectivity index (χ0v) is 11.9. The summed E-state index contributed by atoms with van der Waals surface area (Å²) in [6.45, 7) is 1.64. The van der Waals surface area contributed by atoms with E-state index in [1.807, 2.05) is 0 Å². The highest BCUT2D eigenvalue weighted by Crippen LogP contribution is 2.09. The van der Waals surface area contributed by atoms with E-state index in [0.717, 1.165) is 0 Å². The Hall–Kier alpha value is -2.91. The van der Waals surface area contributed by atoms with Crippen LogP contribution < -0.4 is 11.1 Å². The Balaban J connectivity index is 2.04. The van der Waals surface area contributed by atoms with Crippen LogP contribution in [0.2, 0.25) is 0 Å². The smallest absolute Gasteiger partial charge is 0.322 e. The second kappa shape index (κ2) is 5.61. The van der Waals surface area contributed by atoms with Gasteiger partial charge in [-0.25, -0.2) is 14.2 Å². The SMILES string of the molecule is Cc1c(N)cnn1C(=O)Cn1cc(NC(=O)N(C)C)nn1. The highest BCUT2D eigenvalue weighted by atomic mass is 16.2. The molecular formula is C11H16N8O2. The van der Waals surface area contributed by atoms with Crippen molar-refractivity contribution in [3.05, 3.63) is 18.1 Å². The number of hydrogen-bond donors (Lipinski definition) is 2. The van der Waals surface area contributed by atoms with Crippen molar-refractivity contribution in [3.63, 3.8) is 0 Å². The molecule has 21 heavy (non-hydrogen) atoms. The standard InChI is InChI=1S/C11H16N8O2/c1-7-8(12)4-13-19(7)10(20)6-18-5-9(15-16-18)14-11(21)17(2)3/h4-5H,6,12H2,1-3H3,(H,14,21). The Kier molecular flexibility index (Phi) is 3.87. The molecule has 0 radical (unpaired) electrons. The van der Waals surface area contributed by atoms with Gasteiger partial charge in [0.05, 0.1) is 23.8 Å². The normalized spacial score (nSPS) is 10.4. The molecule has 0 aliphatic rings. The lowest BCUT2D eigenvalue weighted by Gasteiger charge is -2.09. The van der Waals surface area contributed by atoms with E-state index >= 15 is 0 Å². The number of hydrogen-bond acceptors (Lipinski definition) is 6. The predicted molar refractivity (Wildman–Crippen MR) is 74.7 cm³/mol. The van der Waals surface area contributed by atoms with Crippen LogP contribution in [-0.4, -0.2) is 55.7 Å². The lowest BCUT2D eigenvalue weighted by atomic mass is 10.4. The summed E-state index contributed by atoms with van der Waals surface area (Å²) in [6, 6.07) is -0.330. The number of carbonyl (C=O) groups excluding carboxylic acids is 2. The lowest BCUT2D eigenvalue weighted by Crippen LogP contribution is -2.27. The van der Waals surface area contributed by atoms with Crippen molar-refractivity contribution in [3.8, 4) is 0 Å². The van der Waals surface area contributed by atoms with Crippen LogP contribution in [0.1, 0.15) is 10.5 Å². The van der Waals surface area contributed by atoms with E-state index in [4.69, 9.17) is 5.73 Å². The van der Waals surface area contributed by atoms with Crippen molar-refractivity contribution < 1.29 is 9.59 Å². The number of nitrogens with two attached hydrogens (primary N) is 1. The Morgan fingerprint density at radius 3 is 2.71 bits per heavy atom. The van der Waals surface area contributed by atoms with Crippen molar-refractivity contribution in [2.24, 2.45) is 0 Å². The summed E-state index contributed by atoms with van der Waals surface area (Å²) in [5.74, 6) is -0.0437. The average molecular weight is 292 g/mol. The van der Waals surface area contributed by atoms with Gasteiger partial charge in [-0.05, 0) is 6.92 Å². The van der Waals surface area contributed by atoms with Crippen molar-refractivity contribution in [2.45, 2.75) is 13.5 Å². The number of amides is 2. The quantitative estimate of drug-likeness (QED) is 0.807. The first kappa shape index (κ1) is 14.5. The van der Waals surface area contributed by atoms with Crippen LogP contribution in [0.4, 0.5) is 16.3 Å². The van der Waals surface area contributed by atoms with Crippen LogP contribution >= 0.6 is 0 Å². The number of nitrogens with zero attached hydrogens (tertiary/aromatic N) is 6. The summed E-state index contributed by atoms with van der Waals surface area (Å²) in [5.41, 5.74) is 6.65. The minimum Gasteiger partial charge on any atom is -0.396 e. The van der Waals surface area contributed by atoms with E-state index in [0.29, 0.717) is 11.4 Å². The Morgan fingerprint density at radius 2 is 2.14 bits per heavy atom. The Morgan fingerprint density at radius 1 is 1.43 bits per heavy atom. The maximum absolute atomic E-state index is 12.0. The molecule has 112 valence electrons. The summed E-state index contributed by atoms with van der Waals surface area (Å²) in [5, 5.41) is 14.0. The number of anilines is 2. The highest BCUT2D eigenvalue weighted by Gasteiger charge is 2.14. The van der Waals surface area contributed by atoms with Gasteiger partial charge in [0.25, 0.3) is 5.91 Å². The summed E-state index contributed by atoms with van der Waals surface area (Å²) in [7, 11) is 3.21. The molecule has 0 saturated carbocycles. The van der Waals surface area contributed by atoms with Gasteiger partial charge in [-0.2, -0.15) is 5.10 Å². The van der Waals surface area contributed by atoms with E-state index in [9.17, 15) is 9.59 Å². The Labute approximate surface area is 120 Å². The van der Waals surface area contributed by atoms with Crippen LogP contribution in [0.3, 0.4) is 0 Å². The third-order valence-corrected chi connectivity index (χ3v) is 2.76. The molecule has 3 N–H and O–H groups in total. The molecule has 2 amide bonds. The van der Waals surface area contributed by atoms with Gasteiger partial charge in [0, 0.05) is 14.1 Å². The van der Waals surface area contributed by atoms with Crippen LogP contribution in [0.5, 0.6) is 0 Å². The maximum atomic E-state index is 12.0. The fourth-order valence-electron chi connectivity index (χ4n) is 1.53. The number of rotatable bonds is 3. The molecular weight excluding hydrogens is 276 g/mol. The van der Waals surface area contributed by atoms with Crippen molar-refractivity contribution in [1.82, 2.24) is 29.7 Å². The van der Waals surface area contributed by atoms with Crippen molar-refractivity contribution in [2.75, 3.05) is 25.1 Å².